The Morgan fingerprint density at radius 1 is 1.07 bits per heavy atom. The van der Waals surface area contributed by atoms with Gasteiger partial charge in [0.25, 0.3) is 0 Å². The van der Waals surface area contributed by atoms with E-state index in [4.69, 9.17) is 15.2 Å². The minimum atomic E-state index is -2.72. The second-order valence-electron chi connectivity index (χ2n) is 11.8. The Kier molecular flexibility index (Phi) is 8.33. The van der Waals surface area contributed by atoms with E-state index in [2.05, 4.69) is 5.32 Å². The molecule has 0 heterocycles. The molecule has 2 aromatic rings. The molecule has 0 spiro atoms. The zero-order valence-corrected chi connectivity index (χ0v) is 24.5. The van der Waals surface area contributed by atoms with Gasteiger partial charge in [-0.25, -0.2) is 4.79 Å². The number of nitrogens with two attached hydrogens (primary N) is 1. The van der Waals surface area contributed by atoms with Gasteiger partial charge < -0.3 is 35.4 Å². The number of nitrogens with one attached hydrogen (secondary N) is 1. The van der Waals surface area contributed by atoms with Gasteiger partial charge in [-0.15, -0.1) is 0 Å². The first-order chi connectivity index (χ1) is 20.8. The third kappa shape index (κ3) is 4.95. The molecule has 7 atom stereocenters. The number of amides is 2. The largest absolute Gasteiger partial charge is 0.507 e. The molecule has 2 aromatic carbocycles. The molecule has 2 saturated carbocycles. The highest BCUT2D eigenvalue weighted by Crippen LogP contribution is 2.52. The van der Waals surface area contributed by atoms with Gasteiger partial charge in [-0.1, -0.05) is 18.2 Å². The molecule has 3 aliphatic carbocycles. The van der Waals surface area contributed by atoms with Crippen LogP contribution in [0.3, 0.4) is 0 Å². The smallest absolute Gasteiger partial charge is 0.411 e. The van der Waals surface area contributed by atoms with Crippen molar-refractivity contribution < 1.29 is 48.8 Å². The number of ether oxygens (including phenoxy) is 2. The normalized spacial score (nSPS) is 29.5. The van der Waals surface area contributed by atoms with E-state index in [0.29, 0.717) is 22.4 Å². The van der Waals surface area contributed by atoms with Gasteiger partial charge in [0.15, 0.2) is 23.0 Å². The van der Waals surface area contributed by atoms with Crippen molar-refractivity contribution in [3.05, 3.63) is 47.5 Å². The van der Waals surface area contributed by atoms with E-state index >= 15 is 0 Å². The summed E-state index contributed by atoms with van der Waals surface area (Å²) in [4.78, 5) is 67.1. The summed E-state index contributed by atoms with van der Waals surface area (Å²) >= 11 is 0. The minimum Gasteiger partial charge on any atom is -0.507 e. The summed E-state index contributed by atoms with van der Waals surface area (Å²) in [5.41, 5.74) is 4.85. The van der Waals surface area contributed by atoms with E-state index in [-0.39, 0.29) is 37.4 Å². The summed E-state index contributed by atoms with van der Waals surface area (Å²) in [5.74, 6) is -9.59. The number of aliphatic hydroxyl groups is 2. The summed E-state index contributed by atoms with van der Waals surface area (Å²) in [6, 6.07) is 8.75. The van der Waals surface area contributed by atoms with Gasteiger partial charge in [0.1, 0.15) is 18.3 Å². The molecule has 0 radical (unpaired) electrons. The van der Waals surface area contributed by atoms with Crippen molar-refractivity contribution in [1.29, 1.82) is 0 Å². The van der Waals surface area contributed by atoms with E-state index in [1.54, 1.807) is 44.4 Å². The van der Waals surface area contributed by atoms with E-state index in [0.717, 1.165) is 0 Å². The Morgan fingerprint density at radius 2 is 1.75 bits per heavy atom. The second-order valence-corrected chi connectivity index (χ2v) is 11.8. The number of hydrogen-bond acceptors (Lipinski definition) is 11. The van der Waals surface area contributed by atoms with Gasteiger partial charge in [0.2, 0.25) is 5.91 Å². The van der Waals surface area contributed by atoms with Crippen LogP contribution < -0.4 is 11.1 Å². The average Bonchev–Trinajstić information content (AvgIpc) is 2.95. The number of aliphatic hydroxyl groups excluding tert-OH is 1. The standard InChI is InChI=1S/C31H35N3O10/c1-34(2)24-19-13-15-12-18-17(14-4-6-16(7-5-14)33-30(41)44-11-10-43-3)8-9-20(35)22(18)25(36)21(15)27(38)31(19,42)28(39)23(26(24)37)29(32)40/h4-9,15,19,21,23-24,26,35,37,42H,10-13H2,1-3H3,(H2,32,40)(H,33,41)/t15-,19-,21?,23?,24-,26?,31-/m1/s1. The predicted molar refractivity (Wildman–Crippen MR) is 155 cm³/mol. The van der Waals surface area contributed by atoms with Crippen LogP contribution in [0.25, 0.3) is 11.1 Å². The number of phenols is 1. The van der Waals surface area contributed by atoms with E-state index in [1.165, 1.54) is 18.1 Å². The Morgan fingerprint density at radius 3 is 2.36 bits per heavy atom. The Hall–Kier alpha value is -4.17. The maximum Gasteiger partial charge on any atom is 0.411 e. The number of fused-ring (bicyclic) bond motifs is 3. The molecule has 3 aliphatic rings. The van der Waals surface area contributed by atoms with Crippen molar-refractivity contribution >= 4 is 35.0 Å². The summed E-state index contributed by atoms with van der Waals surface area (Å²) < 4.78 is 9.86. The molecule has 0 bridgehead atoms. The third-order valence-electron chi connectivity index (χ3n) is 9.14. The van der Waals surface area contributed by atoms with Crippen LogP contribution in [0, 0.1) is 23.7 Å². The molecule has 0 saturated heterocycles. The maximum absolute atomic E-state index is 14.0. The fraction of sp³-hybridized carbons (Fsp3) is 0.452. The molecule has 0 aromatic heterocycles. The number of hydrogen-bond donors (Lipinski definition) is 5. The number of carbonyl (C=O) groups is 5. The predicted octanol–water partition coefficient (Wildman–Crippen LogP) is 0.521. The van der Waals surface area contributed by atoms with Crippen LogP contribution in [-0.4, -0.2) is 102 Å². The number of phenolic OH excluding ortho intramolecular Hbond substituents is 1. The highest BCUT2D eigenvalue weighted by molar-refractivity contribution is 6.25. The van der Waals surface area contributed by atoms with E-state index in [1.807, 2.05) is 0 Å². The SMILES string of the molecule is COCCOC(=O)Nc1ccc(-c2ccc(O)c3c2C[C@@H]2C[C@@H]4[C@@H](N(C)C)C(O)C(C(N)=O)C(=O)[C@]4(O)C(=O)C2C3=O)cc1. The monoisotopic (exact) mass is 609 g/mol. The second kappa shape index (κ2) is 11.7. The van der Waals surface area contributed by atoms with Crippen molar-refractivity contribution in [2.24, 2.45) is 29.4 Å². The number of carbonyl (C=O) groups excluding carboxylic acids is 5. The van der Waals surface area contributed by atoms with Gasteiger partial charge in [-0.2, -0.15) is 0 Å². The van der Waals surface area contributed by atoms with Gasteiger partial charge in [0, 0.05) is 24.8 Å². The minimum absolute atomic E-state index is 0.0123. The van der Waals surface area contributed by atoms with E-state index in [9.17, 15) is 39.3 Å². The lowest BCUT2D eigenvalue weighted by Crippen LogP contribution is -2.75. The van der Waals surface area contributed by atoms with Crippen LogP contribution in [0.15, 0.2) is 36.4 Å². The lowest BCUT2D eigenvalue weighted by atomic mass is 9.52. The number of ketones is 3. The van der Waals surface area contributed by atoms with Crippen LogP contribution in [0.1, 0.15) is 22.3 Å². The van der Waals surface area contributed by atoms with Crippen molar-refractivity contribution in [2.45, 2.75) is 30.6 Å². The van der Waals surface area contributed by atoms with Crippen LogP contribution in [0.2, 0.25) is 0 Å². The molecule has 0 aliphatic heterocycles. The number of methoxy groups -OCH3 is 1. The topological polar surface area (TPSA) is 206 Å². The first-order valence-corrected chi connectivity index (χ1v) is 14.2. The molecule has 6 N–H and O–H groups in total. The first kappa shape index (κ1) is 31.3. The molecule has 13 heteroatoms. The summed E-state index contributed by atoms with van der Waals surface area (Å²) in [7, 11) is 4.67. The number of likely N-dealkylation sites (N-methyl/N-ethyl adjacent to an activating group) is 1. The highest BCUT2D eigenvalue weighted by Gasteiger charge is 2.69. The highest BCUT2D eigenvalue weighted by atomic mass is 16.6. The molecule has 44 heavy (non-hydrogen) atoms. The quantitative estimate of drug-likeness (QED) is 0.216. The van der Waals surface area contributed by atoms with Crippen molar-refractivity contribution in [3.8, 4) is 16.9 Å². The number of aromatic hydroxyl groups is 1. The van der Waals surface area contributed by atoms with E-state index < -0.39 is 70.8 Å². The van der Waals surface area contributed by atoms with Crippen LogP contribution in [0.4, 0.5) is 10.5 Å². The Bertz CT molecular complexity index is 1520. The number of rotatable bonds is 7. The molecule has 5 rings (SSSR count). The average molecular weight is 610 g/mol. The molecule has 2 amide bonds. The molecular formula is C31H35N3O10. The third-order valence-corrected chi connectivity index (χ3v) is 9.14. The number of nitrogens with zero attached hydrogens (tertiary/aromatic N) is 1. The van der Waals surface area contributed by atoms with Crippen molar-refractivity contribution in [1.82, 2.24) is 4.90 Å². The van der Waals surface area contributed by atoms with Crippen LogP contribution in [0.5, 0.6) is 5.75 Å². The Labute approximate surface area is 252 Å². The van der Waals surface area contributed by atoms with Crippen molar-refractivity contribution in [2.75, 3.05) is 39.7 Å². The lowest BCUT2D eigenvalue weighted by molar-refractivity contribution is -0.190. The number of primary amides is 1. The van der Waals surface area contributed by atoms with Gasteiger partial charge in [-0.3, -0.25) is 24.5 Å². The van der Waals surface area contributed by atoms with Gasteiger partial charge in [0.05, 0.1) is 24.2 Å². The molecule has 3 unspecified atom stereocenters. The maximum atomic E-state index is 14.0. The molecule has 234 valence electrons. The number of anilines is 1. The first-order valence-electron chi connectivity index (χ1n) is 14.2. The molecule has 2 fully saturated rings. The van der Waals surface area contributed by atoms with Crippen LogP contribution >= 0.6 is 0 Å². The van der Waals surface area contributed by atoms with Gasteiger partial charge >= 0.3 is 6.09 Å². The van der Waals surface area contributed by atoms with Crippen molar-refractivity contribution in [3.63, 3.8) is 0 Å². The zero-order chi connectivity index (χ0) is 32.1. The number of benzene rings is 2. The summed E-state index contributed by atoms with van der Waals surface area (Å²) in [5, 5.41) is 36.1. The fourth-order valence-corrected chi connectivity index (χ4v) is 7.20. The lowest BCUT2D eigenvalue weighted by Gasteiger charge is -2.54. The summed E-state index contributed by atoms with van der Waals surface area (Å²) in [6.45, 7) is 0.344. The zero-order valence-electron chi connectivity index (χ0n) is 24.5. The fourth-order valence-electron chi connectivity index (χ4n) is 7.20. The van der Waals surface area contributed by atoms with Crippen LogP contribution in [-0.2, 0) is 30.3 Å². The Balaban J connectivity index is 1.50. The number of Topliss-reactive ketones (excluding diaryl/α,β-unsaturated/α-hetero) is 3. The molecule has 13 nitrogen and oxygen atoms in total. The van der Waals surface area contributed by atoms with Gasteiger partial charge in [-0.05, 0) is 67.7 Å². The molecular weight excluding hydrogens is 574 g/mol. The summed E-state index contributed by atoms with van der Waals surface area (Å²) in [6.07, 6.45) is -2.05.